The van der Waals surface area contributed by atoms with E-state index in [1.807, 2.05) is 16.7 Å². The Morgan fingerprint density at radius 2 is 2.33 bits per heavy atom. The second kappa shape index (κ2) is 7.56. The van der Waals surface area contributed by atoms with E-state index in [0.29, 0.717) is 19.6 Å². The van der Waals surface area contributed by atoms with Crippen molar-refractivity contribution in [2.24, 2.45) is 0 Å². The summed E-state index contributed by atoms with van der Waals surface area (Å²) in [4.78, 5) is 28.4. The summed E-state index contributed by atoms with van der Waals surface area (Å²) in [5.74, 6) is 0.0691. The van der Waals surface area contributed by atoms with Gasteiger partial charge in [0.05, 0.1) is 6.54 Å². The van der Waals surface area contributed by atoms with E-state index >= 15 is 0 Å². The lowest BCUT2D eigenvalue weighted by Crippen LogP contribution is -2.59. The summed E-state index contributed by atoms with van der Waals surface area (Å²) >= 11 is 0. The van der Waals surface area contributed by atoms with Crippen LogP contribution in [-0.2, 0) is 9.59 Å². The van der Waals surface area contributed by atoms with E-state index < -0.39 is 0 Å². The Balaban J connectivity index is 2.00. The minimum atomic E-state index is -0.260. The Hall–Kier alpha value is -1.40. The van der Waals surface area contributed by atoms with Crippen LogP contribution in [0.2, 0.25) is 0 Å². The van der Waals surface area contributed by atoms with E-state index in [4.69, 9.17) is 0 Å². The van der Waals surface area contributed by atoms with Crippen molar-refractivity contribution >= 4 is 11.8 Å². The Kier molecular flexibility index (Phi) is 5.76. The lowest BCUT2D eigenvalue weighted by molar-refractivity contribution is -0.133. The molecule has 0 bridgehead atoms. The Morgan fingerprint density at radius 1 is 1.52 bits per heavy atom. The number of rotatable bonds is 5. The summed E-state index contributed by atoms with van der Waals surface area (Å²) in [7, 11) is 1.64. The molecule has 1 aliphatic carbocycles. The zero-order chi connectivity index (χ0) is 15.2. The highest BCUT2D eigenvalue weighted by atomic mass is 16.2. The van der Waals surface area contributed by atoms with Gasteiger partial charge >= 0.3 is 0 Å². The van der Waals surface area contributed by atoms with Crippen LogP contribution in [0.5, 0.6) is 0 Å². The first-order valence-electron chi connectivity index (χ1n) is 7.83. The number of nitrogens with zero attached hydrogens (tertiary/aromatic N) is 2. The van der Waals surface area contributed by atoms with Crippen LogP contribution in [0.4, 0.5) is 0 Å². The maximum Gasteiger partial charge on any atom is 0.240 e. The lowest BCUT2D eigenvalue weighted by atomic mass is 10.1. The second-order valence-electron chi connectivity index (χ2n) is 5.53. The summed E-state index contributed by atoms with van der Waals surface area (Å²) in [5, 5.41) is 5.89. The van der Waals surface area contributed by atoms with Crippen molar-refractivity contribution in [3.8, 4) is 0 Å². The van der Waals surface area contributed by atoms with Crippen LogP contribution in [-0.4, -0.2) is 67.4 Å². The molecule has 2 rings (SSSR count). The molecule has 21 heavy (non-hydrogen) atoms. The average Bonchev–Trinajstić information content (AvgIpc) is 3.02. The summed E-state index contributed by atoms with van der Waals surface area (Å²) < 4.78 is 0. The van der Waals surface area contributed by atoms with Crippen molar-refractivity contribution < 1.29 is 9.59 Å². The van der Waals surface area contributed by atoms with Crippen LogP contribution >= 0.6 is 0 Å². The number of hydrogen-bond acceptors (Lipinski definition) is 4. The third-order valence-electron chi connectivity index (χ3n) is 4.22. The fourth-order valence-corrected chi connectivity index (χ4v) is 3.06. The number of hydrogen-bond donors (Lipinski definition) is 2. The Bertz CT molecular complexity index is 422. The third kappa shape index (κ3) is 3.83. The summed E-state index contributed by atoms with van der Waals surface area (Å²) in [6, 6.07) is -0.260. The maximum atomic E-state index is 12.6. The van der Waals surface area contributed by atoms with E-state index in [-0.39, 0.29) is 17.9 Å². The minimum absolute atomic E-state index is 0.0295. The van der Waals surface area contributed by atoms with Crippen molar-refractivity contribution in [3.05, 3.63) is 11.8 Å². The van der Waals surface area contributed by atoms with Gasteiger partial charge in [-0.05, 0) is 26.2 Å². The third-order valence-corrected chi connectivity index (χ3v) is 4.22. The maximum absolute atomic E-state index is 12.6. The van der Waals surface area contributed by atoms with E-state index in [1.54, 1.807) is 7.05 Å². The number of allylic oxidation sites excluding steroid dienone is 2. The van der Waals surface area contributed by atoms with E-state index in [0.717, 1.165) is 38.0 Å². The molecule has 1 saturated heterocycles. The highest BCUT2D eigenvalue weighted by Gasteiger charge is 2.30. The average molecular weight is 294 g/mol. The van der Waals surface area contributed by atoms with Gasteiger partial charge < -0.3 is 15.5 Å². The zero-order valence-corrected chi connectivity index (χ0v) is 13.0. The standard InChI is InChI=1S/C15H26N4O2/c1-3-19(12-6-4-5-7-12)14(20)11-18-9-8-17-10-13(18)15(21)16-2/h6,13,17H,3-5,7-11H2,1-2H3,(H,16,21). The summed E-state index contributed by atoms with van der Waals surface area (Å²) in [6.07, 6.45) is 5.34. The molecule has 0 aromatic carbocycles. The smallest absolute Gasteiger partial charge is 0.240 e. The van der Waals surface area contributed by atoms with Gasteiger partial charge in [0.25, 0.3) is 0 Å². The molecule has 0 spiro atoms. The molecule has 0 aromatic heterocycles. The van der Waals surface area contributed by atoms with Crippen molar-refractivity contribution in [1.29, 1.82) is 0 Å². The number of likely N-dealkylation sites (N-methyl/N-ethyl adjacent to an activating group) is 2. The molecule has 118 valence electrons. The second-order valence-corrected chi connectivity index (χ2v) is 5.53. The molecule has 0 radical (unpaired) electrons. The first kappa shape index (κ1) is 16.0. The van der Waals surface area contributed by atoms with Crippen molar-refractivity contribution in [1.82, 2.24) is 20.4 Å². The van der Waals surface area contributed by atoms with Gasteiger partial charge in [0.1, 0.15) is 6.04 Å². The molecule has 0 aromatic rings. The topological polar surface area (TPSA) is 64.7 Å². The molecule has 2 aliphatic rings. The van der Waals surface area contributed by atoms with Crippen LogP contribution in [0.15, 0.2) is 11.8 Å². The van der Waals surface area contributed by atoms with Gasteiger partial charge in [-0.3, -0.25) is 14.5 Å². The van der Waals surface area contributed by atoms with Gasteiger partial charge in [-0.25, -0.2) is 0 Å². The van der Waals surface area contributed by atoms with Crippen molar-refractivity contribution in [3.63, 3.8) is 0 Å². The van der Waals surface area contributed by atoms with Gasteiger partial charge in [0.15, 0.2) is 0 Å². The molecule has 1 fully saturated rings. The number of nitrogens with one attached hydrogen (secondary N) is 2. The van der Waals surface area contributed by atoms with E-state index in [1.165, 1.54) is 0 Å². The quantitative estimate of drug-likeness (QED) is 0.744. The Labute approximate surface area is 126 Å². The van der Waals surface area contributed by atoms with Crippen LogP contribution in [0.3, 0.4) is 0 Å². The molecule has 2 N–H and O–H groups in total. The molecule has 1 aliphatic heterocycles. The predicted octanol–water partition coefficient (Wildman–Crippen LogP) is -0.0775. The lowest BCUT2D eigenvalue weighted by Gasteiger charge is -2.35. The number of carbonyl (C=O) groups is 2. The van der Waals surface area contributed by atoms with Crippen molar-refractivity contribution in [2.45, 2.75) is 32.2 Å². The summed E-state index contributed by atoms with van der Waals surface area (Å²) in [6.45, 7) is 5.15. The highest BCUT2D eigenvalue weighted by molar-refractivity contribution is 5.84. The molecule has 6 nitrogen and oxygen atoms in total. The first-order valence-corrected chi connectivity index (χ1v) is 7.83. The van der Waals surface area contributed by atoms with Gasteiger partial charge in [-0.2, -0.15) is 0 Å². The monoisotopic (exact) mass is 294 g/mol. The molecule has 1 unspecified atom stereocenters. The first-order chi connectivity index (χ1) is 10.2. The minimum Gasteiger partial charge on any atom is -0.358 e. The zero-order valence-electron chi connectivity index (χ0n) is 13.0. The SMILES string of the molecule is CCN(C(=O)CN1CCNCC1C(=O)NC)C1=CCCC1. The largest absolute Gasteiger partial charge is 0.358 e. The fourth-order valence-electron chi connectivity index (χ4n) is 3.06. The van der Waals surface area contributed by atoms with Gasteiger partial charge in [-0.1, -0.05) is 6.08 Å². The summed E-state index contributed by atoms with van der Waals surface area (Å²) in [5.41, 5.74) is 1.15. The number of piperazine rings is 1. The van der Waals surface area contributed by atoms with Crippen LogP contribution in [0.25, 0.3) is 0 Å². The normalized spacial score (nSPS) is 22.8. The molecule has 2 amide bonds. The number of carbonyl (C=O) groups excluding carboxylic acids is 2. The highest BCUT2D eigenvalue weighted by Crippen LogP contribution is 2.21. The predicted molar refractivity (Wildman–Crippen MR) is 81.6 cm³/mol. The van der Waals surface area contributed by atoms with Gasteiger partial charge in [0.2, 0.25) is 11.8 Å². The molecule has 0 saturated carbocycles. The molecule has 1 atom stereocenters. The van der Waals surface area contributed by atoms with E-state index in [2.05, 4.69) is 16.7 Å². The molecule has 1 heterocycles. The molecular weight excluding hydrogens is 268 g/mol. The van der Waals surface area contributed by atoms with E-state index in [9.17, 15) is 9.59 Å². The van der Waals surface area contributed by atoms with Crippen LogP contribution in [0, 0.1) is 0 Å². The van der Waals surface area contributed by atoms with Gasteiger partial charge in [-0.15, -0.1) is 0 Å². The van der Waals surface area contributed by atoms with Crippen LogP contribution < -0.4 is 10.6 Å². The molecular formula is C15H26N4O2. The van der Waals surface area contributed by atoms with Crippen LogP contribution in [0.1, 0.15) is 26.2 Å². The fraction of sp³-hybridized carbons (Fsp3) is 0.733. The number of amides is 2. The van der Waals surface area contributed by atoms with Gasteiger partial charge in [0, 0.05) is 38.9 Å². The molecule has 6 heteroatoms. The Morgan fingerprint density at radius 3 is 2.95 bits per heavy atom. The van der Waals surface area contributed by atoms with Crippen molar-refractivity contribution in [2.75, 3.05) is 39.8 Å².